The number of hydrogen-bond acceptors (Lipinski definition) is 7. The SMILES string of the molecule is COc1cc(C(=O)NC(C)C)c(F)cc1NCC#Cc1cc(C(=O)N[C@@H]2[C@@H](C)CN(C3CCOCC3)C[C@@H]2F)c2ncn(CC(F)(F)F)c2c1. The van der Waals surface area contributed by atoms with Gasteiger partial charge in [0.25, 0.3) is 11.8 Å². The minimum Gasteiger partial charge on any atom is -0.495 e. The number of aromatic nitrogens is 2. The minimum absolute atomic E-state index is 0.0277. The molecule has 5 rings (SSSR count). The summed E-state index contributed by atoms with van der Waals surface area (Å²) in [5.41, 5.74) is 0.264. The van der Waals surface area contributed by atoms with Gasteiger partial charge in [-0.3, -0.25) is 14.5 Å². The van der Waals surface area contributed by atoms with Crippen LogP contribution in [-0.2, 0) is 11.3 Å². The Morgan fingerprint density at radius 1 is 1.10 bits per heavy atom. The quantitative estimate of drug-likeness (QED) is 0.215. The lowest BCUT2D eigenvalue weighted by Gasteiger charge is -2.44. The Labute approximate surface area is 287 Å². The number of carbonyl (C=O) groups excluding carboxylic acids is 2. The highest BCUT2D eigenvalue weighted by Crippen LogP contribution is 2.29. The summed E-state index contributed by atoms with van der Waals surface area (Å²) >= 11 is 0. The summed E-state index contributed by atoms with van der Waals surface area (Å²) in [5, 5.41) is 8.33. The molecule has 0 aliphatic carbocycles. The number of halogens is 5. The lowest BCUT2D eigenvalue weighted by molar-refractivity contribution is -0.140. The molecular formula is C35H41F5N6O4. The fourth-order valence-electron chi connectivity index (χ4n) is 6.45. The van der Waals surface area contributed by atoms with E-state index in [0.717, 1.165) is 29.8 Å². The number of likely N-dealkylation sites (tertiary alicyclic amines) is 1. The van der Waals surface area contributed by atoms with E-state index >= 15 is 4.39 Å². The number of nitrogens with zero attached hydrogens (tertiary/aromatic N) is 3. The zero-order valence-corrected chi connectivity index (χ0v) is 28.3. The lowest BCUT2D eigenvalue weighted by Crippen LogP contribution is -2.59. The number of imidazole rings is 1. The number of methoxy groups -OCH3 is 1. The highest BCUT2D eigenvalue weighted by Gasteiger charge is 2.39. The topological polar surface area (TPSA) is 110 Å². The van der Waals surface area contributed by atoms with Crippen LogP contribution in [0, 0.1) is 23.6 Å². The summed E-state index contributed by atoms with van der Waals surface area (Å²) in [6, 6.07) is 4.36. The molecule has 15 heteroatoms. The molecule has 2 aliphatic heterocycles. The summed E-state index contributed by atoms with van der Waals surface area (Å²) < 4.78 is 82.3. The maximum atomic E-state index is 15.6. The molecule has 270 valence electrons. The van der Waals surface area contributed by atoms with Gasteiger partial charge in [-0.05, 0) is 50.8 Å². The van der Waals surface area contributed by atoms with Crippen LogP contribution in [0.3, 0.4) is 0 Å². The number of benzene rings is 2. The van der Waals surface area contributed by atoms with Gasteiger partial charge in [-0.2, -0.15) is 13.2 Å². The average Bonchev–Trinajstić information content (AvgIpc) is 3.45. The highest BCUT2D eigenvalue weighted by molar-refractivity contribution is 6.05. The number of nitrogens with one attached hydrogen (secondary N) is 3. The first kappa shape index (κ1) is 36.9. The van der Waals surface area contributed by atoms with E-state index in [2.05, 4.69) is 37.7 Å². The Morgan fingerprint density at radius 2 is 1.84 bits per heavy atom. The van der Waals surface area contributed by atoms with Gasteiger partial charge in [0.2, 0.25) is 0 Å². The van der Waals surface area contributed by atoms with E-state index in [-0.39, 0.29) is 70.3 Å². The second-order valence-electron chi connectivity index (χ2n) is 13.0. The fourth-order valence-corrected chi connectivity index (χ4v) is 6.45. The molecule has 2 fully saturated rings. The Hall–Kier alpha value is -4.42. The molecule has 1 aromatic heterocycles. The zero-order chi connectivity index (χ0) is 36.2. The van der Waals surface area contributed by atoms with Crippen molar-refractivity contribution in [3.8, 4) is 17.6 Å². The van der Waals surface area contributed by atoms with Gasteiger partial charge in [-0.25, -0.2) is 13.8 Å². The molecule has 3 N–H and O–H groups in total. The van der Waals surface area contributed by atoms with E-state index in [1.54, 1.807) is 13.8 Å². The van der Waals surface area contributed by atoms with Crippen LogP contribution in [0.1, 0.15) is 59.9 Å². The van der Waals surface area contributed by atoms with E-state index in [1.165, 1.54) is 25.3 Å². The summed E-state index contributed by atoms with van der Waals surface area (Å²) in [7, 11) is 1.36. The highest BCUT2D eigenvalue weighted by atomic mass is 19.4. The van der Waals surface area contributed by atoms with Crippen molar-refractivity contribution in [2.45, 2.75) is 70.6 Å². The molecule has 50 heavy (non-hydrogen) atoms. The molecule has 2 aliphatic rings. The molecule has 0 saturated carbocycles. The summed E-state index contributed by atoms with van der Waals surface area (Å²) in [4.78, 5) is 32.3. The third-order valence-electron chi connectivity index (χ3n) is 8.81. The Morgan fingerprint density at radius 3 is 2.50 bits per heavy atom. The molecule has 0 radical (unpaired) electrons. The lowest BCUT2D eigenvalue weighted by atomic mass is 9.89. The predicted octanol–water partition coefficient (Wildman–Crippen LogP) is 4.92. The average molecular weight is 705 g/mol. The Bertz CT molecular complexity index is 1750. The van der Waals surface area contributed by atoms with Crippen molar-refractivity contribution in [3.05, 3.63) is 53.1 Å². The molecule has 3 atom stereocenters. The maximum absolute atomic E-state index is 15.6. The van der Waals surface area contributed by atoms with Gasteiger partial charge >= 0.3 is 6.18 Å². The predicted molar refractivity (Wildman–Crippen MR) is 177 cm³/mol. The van der Waals surface area contributed by atoms with Gasteiger partial charge in [0, 0.05) is 50.0 Å². The van der Waals surface area contributed by atoms with Crippen molar-refractivity contribution in [1.82, 2.24) is 25.1 Å². The maximum Gasteiger partial charge on any atom is 0.406 e. The van der Waals surface area contributed by atoms with Crippen molar-refractivity contribution < 1.29 is 41.0 Å². The van der Waals surface area contributed by atoms with Crippen LogP contribution >= 0.6 is 0 Å². The smallest absolute Gasteiger partial charge is 0.406 e. The molecule has 10 nitrogen and oxygen atoms in total. The van der Waals surface area contributed by atoms with Crippen LogP contribution in [0.4, 0.5) is 27.6 Å². The number of hydrogen-bond donors (Lipinski definition) is 3. The third-order valence-corrected chi connectivity index (χ3v) is 8.81. The van der Waals surface area contributed by atoms with Crippen molar-refractivity contribution in [2.75, 3.05) is 45.3 Å². The summed E-state index contributed by atoms with van der Waals surface area (Å²) in [6.45, 7) is 5.93. The molecule has 2 amide bonds. The standard InChI is InChI=1S/C35H41F5N6O4/c1-20(2)43-33(47)24-14-30(49-4)28(15-26(24)36)41-9-5-6-22-12-25(32-29(13-22)46(19-42-32)18-35(38,39)40)34(48)44-31-21(3)16-45(17-27(31)37)23-7-10-50-11-8-23/h12-15,19-21,23,27,31,41H,7-11,16-18H2,1-4H3,(H,43,47)(H,44,48)/t21-,27-,31+/m0/s1. The minimum atomic E-state index is -4.56. The number of ether oxygens (including phenoxy) is 2. The van der Waals surface area contributed by atoms with Crippen molar-refractivity contribution in [3.63, 3.8) is 0 Å². The second kappa shape index (κ2) is 15.6. The van der Waals surface area contributed by atoms with E-state index in [4.69, 9.17) is 9.47 Å². The van der Waals surface area contributed by atoms with Crippen LogP contribution in [0.2, 0.25) is 0 Å². The number of fused-ring (bicyclic) bond motifs is 1. The van der Waals surface area contributed by atoms with Crippen molar-refractivity contribution >= 4 is 28.5 Å². The number of piperidine rings is 1. The van der Waals surface area contributed by atoms with E-state index in [1.807, 2.05) is 6.92 Å². The van der Waals surface area contributed by atoms with Crippen LogP contribution < -0.4 is 20.7 Å². The van der Waals surface area contributed by atoms with Crippen LogP contribution in [0.15, 0.2) is 30.6 Å². The first-order valence-electron chi connectivity index (χ1n) is 16.5. The van der Waals surface area contributed by atoms with Gasteiger partial charge in [0.15, 0.2) is 0 Å². The molecule has 0 unspecified atom stereocenters. The van der Waals surface area contributed by atoms with Gasteiger partial charge < -0.3 is 30.0 Å². The molecular weight excluding hydrogens is 663 g/mol. The van der Waals surface area contributed by atoms with E-state index in [0.29, 0.717) is 19.8 Å². The van der Waals surface area contributed by atoms with Crippen molar-refractivity contribution in [1.29, 1.82) is 0 Å². The van der Waals surface area contributed by atoms with E-state index < -0.39 is 42.6 Å². The first-order valence-corrected chi connectivity index (χ1v) is 16.5. The largest absolute Gasteiger partial charge is 0.495 e. The normalized spacial score (nSPS) is 20.3. The van der Waals surface area contributed by atoms with Gasteiger partial charge in [-0.1, -0.05) is 18.8 Å². The number of amides is 2. The Balaban J connectivity index is 1.37. The molecule has 0 spiro atoms. The third kappa shape index (κ3) is 8.83. The second-order valence-corrected chi connectivity index (χ2v) is 13.0. The monoisotopic (exact) mass is 704 g/mol. The van der Waals surface area contributed by atoms with Gasteiger partial charge in [0.1, 0.15) is 29.8 Å². The molecule has 3 aromatic rings. The zero-order valence-electron chi connectivity index (χ0n) is 28.3. The van der Waals surface area contributed by atoms with Gasteiger partial charge in [-0.15, -0.1) is 0 Å². The summed E-state index contributed by atoms with van der Waals surface area (Å²) in [6.07, 6.45) is -3.29. The molecule has 3 heterocycles. The van der Waals surface area contributed by atoms with Crippen LogP contribution in [0.5, 0.6) is 5.75 Å². The van der Waals surface area contributed by atoms with Gasteiger partial charge in [0.05, 0.1) is 48.4 Å². The summed E-state index contributed by atoms with van der Waals surface area (Å²) in [5.74, 6) is 3.58. The molecule has 0 bridgehead atoms. The molecule has 2 saturated heterocycles. The van der Waals surface area contributed by atoms with Crippen molar-refractivity contribution in [2.24, 2.45) is 5.92 Å². The number of rotatable bonds is 9. The number of alkyl halides is 4. The van der Waals surface area contributed by atoms with Crippen LogP contribution in [-0.4, -0.2) is 96.7 Å². The van der Waals surface area contributed by atoms with Crippen LogP contribution in [0.25, 0.3) is 11.0 Å². The number of anilines is 1. The number of carbonyl (C=O) groups is 2. The molecule has 2 aromatic carbocycles. The first-order chi connectivity index (χ1) is 23.7. The Kier molecular flexibility index (Phi) is 11.5. The van der Waals surface area contributed by atoms with E-state index in [9.17, 15) is 27.2 Å². The fraction of sp³-hybridized carbons (Fsp3) is 0.514.